The lowest BCUT2D eigenvalue weighted by molar-refractivity contribution is 0.0884. The molecule has 0 radical (unpaired) electrons. The normalized spacial score (nSPS) is 13.7. The van der Waals surface area contributed by atoms with Crippen molar-refractivity contribution in [1.29, 1.82) is 0 Å². The van der Waals surface area contributed by atoms with E-state index in [4.69, 9.17) is 4.74 Å². The van der Waals surface area contributed by atoms with E-state index in [1.807, 2.05) is 14.0 Å². The van der Waals surface area contributed by atoms with Gasteiger partial charge in [-0.1, -0.05) is 13.8 Å². The van der Waals surface area contributed by atoms with Gasteiger partial charge in [-0.3, -0.25) is 0 Å². The topological polar surface area (TPSA) is 44.7 Å². The second-order valence-electron chi connectivity index (χ2n) is 4.67. The third kappa shape index (κ3) is 10.4. The Balaban J connectivity index is 3.42. The zero-order valence-corrected chi connectivity index (χ0v) is 11.2. The first-order valence-corrected chi connectivity index (χ1v) is 6.21. The summed E-state index contributed by atoms with van der Waals surface area (Å²) >= 11 is 0. The van der Waals surface area contributed by atoms with Crippen LogP contribution in [0.25, 0.3) is 0 Å². The van der Waals surface area contributed by atoms with Gasteiger partial charge in [-0.2, -0.15) is 0 Å². The largest absolute Gasteiger partial charge is 0.390 e. The first-order chi connectivity index (χ1) is 7.56. The van der Waals surface area contributed by atoms with Crippen LogP contribution in [0.1, 0.15) is 20.8 Å². The highest BCUT2D eigenvalue weighted by Crippen LogP contribution is 1.91. The Kier molecular flexibility index (Phi) is 9.92. The van der Waals surface area contributed by atoms with E-state index in [2.05, 4.69) is 24.1 Å². The number of hydrogen-bond acceptors (Lipinski definition) is 4. The van der Waals surface area contributed by atoms with Crippen LogP contribution in [-0.4, -0.2) is 62.6 Å². The van der Waals surface area contributed by atoms with Crippen molar-refractivity contribution in [2.45, 2.75) is 26.9 Å². The van der Waals surface area contributed by atoms with Crippen LogP contribution in [-0.2, 0) is 4.74 Å². The van der Waals surface area contributed by atoms with Crippen LogP contribution in [0.15, 0.2) is 0 Å². The zero-order chi connectivity index (χ0) is 12.4. The van der Waals surface area contributed by atoms with Crippen molar-refractivity contribution in [3.8, 4) is 0 Å². The fourth-order valence-electron chi connectivity index (χ4n) is 1.42. The van der Waals surface area contributed by atoms with E-state index >= 15 is 0 Å². The smallest absolute Gasteiger partial charge is 0.0791 e. The van der Waals surface area contributed by atoms with Crippen LogP contribution < -0.4 is 5.32 Å². The molecule has 0 aromatic carbocycles. The van der Waals surface area contributed by atoms with Gasteiger partial charge in [-0.15, -0.1) is 0 Å². The molecule has 16 heavy (non-hydrogen) atoms. The van der Waals surface area contributed by atoms with Gasteiger partial charge in [0.25, 0.3) is 0 Å². The summed E-state index contributed by atoms with van der Waals surface area (Å²) in [5, 5.41) is 13.0. The molecule has 0 spiro atoms. The summed E-state index contributed by atoms with van der Waals surface area (Å²) < 4.78 is 5.26. The molecule has 0 aromatic heterocycles. The number of nitrogens with one attached hydrogen (secondary N) is 1. The molecule has 4 nitrogen and oxygen atoms in total. The molecule has 1 unspecified atom stereocenters. The molecule has 0 saturated heterocycles. The second kappa shape index (κ2) is 10.0. The summed E-state index contributed by atoms with van der Waals surface area (Å²) in [6.45, 7) is 11.0. The second-order valence-corrected chi connectivity index (χ2v) is 4.67. The van der Waals surface area contributed by atoms with Gasteiger partial charge in [0.1, 0.15) is 0 Å². The van der Waals surface area contributed by atoms with E-state index in [1.165, 1.54) is 0 Å². The van der Waals surface area contributed by atoms with Crippen LogP contribution in [0.4, 0.5) is 0 Å². The maximum absolute atomic E-state index is 9.74. The zero-order valence-electron chi connectivity index (χ0n) is 11.2. The minimum Gasteiger partial charge on any atom is -0.390 e. The minimum absolute atomic E-state index is 0.301. The quantitative estimate of drug-likeness (QED) is 0.540. The molecule has 0 heterocycles. The number of nitrogens with zero attached hydrogens (tertiary/aromatic N) is 1. The number of aliphatic hydroxyl groups is 1. The van der Waals surface area contributed by atoms with E-state index in [0.29, 0.717) is 19.0 Å². The Morgan fingerprint density at radius 2 is 2.00 bits per heavy atom. The van der Waals surface area contributed by atoms with Gasteiger partial charge in [0, 0.05) is 26.2 Å². The Labute approximate surface area is 100.0 Å². The van der Waals surface area contributed by atoms with Gasteiger partial charge in [0.15, 0.2) is 0 Å². The molecule has 0 rings (SSSR count). The van der Waals surface area contributed by atoms with Gasteiger partial charge in [0.05, 0.1) is 12.7 Å². The third-order valence-electron chi connectivity index (χ3n) is 2.28. The van der Waals surface area contributed by atoms with E-state index in [0.717, 1.165) is 26.3 Å². The minimum atomic E-state index is -0.301. The fourth-order valence-corrected chi connectivity index (χ4v) is 1.42. The molecular weight excluding hydrogens is 204 g/mol. The van der Waals surface area contributed by atoms with Crippen LogP contribution in [0.3, 0.4) is 0 Å². The number of aliphatic hydroxyl groups excluding tert-OH is 1. The molecule has 0 bridgehead atoms. The molecule has 0 saturated carbocycles. The summed E-state index contributed by atoms with van der Waals surface area (Å²) in [4.78, 5) is 2.09. The van der Waals surface area contributed by atoms with Crippen molar-refractivity contribution in [1.82, 2.24) is 10.2 Å². The number of likely N-dealkylation sites (N-methyl/N-ethyl adjacent to an activating group) is 1. The Morgan fingerprint density at radius 1 is 1.31 bits per heavy atom. The first kappa shape index (κ1) is 15.8. The standard InChI is InChI=1S/C12H28N2O2/c1-5-16-7-6-14(4)10-12(15)9-13-8-11(2)3/h11-13,15H,5-10H2,1-4H3. The molecule has 1 atom stereocenters. The first-order valence-electron chi connectivity index (χ1n) is 6.21. The van der Waals surface area contributed by atoms with Crippen molar-refractivity contribution in [3.05, 3.63) is 0 Å². The van der Waals surface area contributed by atoms with Crippen LogP contribution in [0, 0.1) is 5.92 Å². The van der Waals surface area contributed by atoms with Crippen molar-refractivity contribution < 1.29 is 9.84 Å². The van der Waals surface area contributed by atoms with Gasteiger partial charge < -0.3 is 20.1 Å². The molecule has 0 fully saturated rings. The number of ether oxygens (including phenoxy) is 1. The van der Waals surface area contributed by atoms with Crippen LogP contribution >= 0.6 is 0 Å². The molecule has 0 aliphatic carbocycles. The molecule has 0 amide bonds. The summed E-state index contributed by atoms with van der Waals surface area (Å²) in [6.07, 6.45) is -0.301. The van der Waals surface area contributed by atoms with Crippen molar-refractivity contribution in [2.24, 2.45) is 5.92 Å². The predicted molar refractivity (Wildman–Crippen MR) is 67.7 cm³/mol. The van der Waals surface area contributed by atoms with E-state index in [-0.39, 0.29) is 6.10 Å². The highest BCUT2D eigenvalue weighted by atomic mass is 16.5. The Bertz CT molecular complexity index is 154. The Morgan fingerprint density at radius 3 is 2.56 bits per heavy atom. The highest BCUT2D eigenvalue weighted by Gasteiger charge is 2.07. The maximum Gasteiger partial charge on any atom is 0.0791 e. The van der Waals surface area contributed by atoms with Crippen LogP contribution in [0.5, 0.6) is 0 Å². The SMILES string of the molecule is CCOCCN(C)CC(O)CNCC(C)C. The molecule has 4 heteroatoms. The maximum atomic E-state index is 9.74. The lowest BCUT2D eigenvalue weighted by Crippen LogP contribution is -2.38. The van der Waals surface area contributed by atoms with Gasteiger partial charge in [-0.05, 0) is 26.4 Å². The molecular formula is C12H28N2O2. The summed E-state index contributed by atoms with van der Waals surface area (Å²) in [5.41, 5.74) is 0. The van der Waals surface area contributed by atoms with E-state index in [9.17, 15) is 5.11 Å². The summed E-state index contributed by atoms with van der Waals surface area (Å²) in [6, 6.07) is 0. The third-order valence-corrected chi connectivity index (χ3v) is 2.28. The van der Waals surface area contributed by atoms with Crippen LogP contribution in [0.2, 0.25) is 0 Å². The summed E-state index contributed by atoms with van der Waals surface area (Å²) in [5.74, 6) is 0.628. The van der Waals surface area contributed by atoms with Gasteiger partial charge >= 0.3 is 0 Å². The van der Waals surface area contributed by atoms with Crippen molar-refractivity contribution in [2.75, 3.05) is 46.4 Å². The number of hydrogen-bond donors (Lipinski definition) is 2. The Hall–Kier alpha value is -0.160. The fraction of sp³-hybridized carbons (Fsp3) is 1.00. The average Bonchev–Trinajstić information content (AvgIpc) is 2.17. The number of rotatable bonds is 10. The lowest BCUT2D eigenvalue weighted by Gasteiger charge is -2.21. The molecule has 0 aromatic rings. The predicted octanol–water partition coefficient (Wildman–Crippen LogP) is 0.561. The summed E-state index contributed by atoms with van der Waals surface area (Å²) in [7, 11) is 2.00. The molecule has 2 N–H and O–H groups in total. The molecule has 0 aliphatic heterocycles. The van der Waals surface area contributed by atoms with E-state index in [1.54, 1.807) is 0 Å². The van der Waals surface area contributed by atoms with E-state index < -0.39 is 0 Å². The van der Waals surface area contributed by atoms with Crippen molar-refractivity contribution >= 4 is 0 Å². The van der Waals surface area contributed by atoms with Gasteiger partial charge in [-0.25, -0.2) is 0 Å². The lowest BCUT2D eigenvalue weighted by atomic mass is 10.2. The van der Waals surface area contributed by atoms with Crippen molar-refractivity contribution in [3.63, 3.8) is 0 Å². The van der Waals surface area contributed by atoms with Gasteiger partial charge in [0.2, 0.25) is 0 Å². The average molecular weight is 232 g/mol. The monoisotopic (exact) mass is 232 g/mol. The molecule has 0 aliphatic rings. The highest BCUT2D eigenvalue weighted by molar-refractivity contribution is 4.64. The molecule has 98 valence electrons.